The first-order valence-corrected chi connectivity index (χ1v) is 7.15. The normalized spacial score (nSPS) is 9.86. The number of nitrogens with zero attached hydrogens (tertiary/aromatic N) is 1. The second kappa shape index (κ2) is 9.54. The van der Waals surface area contributed by atoms with Crippen molar-refractivity contribution in [3.05, 3.63) is 72.3 Å². The van der Waals surface area contributed by atoms with Gasteiger partial charge in [0.05, 0.1) is 0 Å². The summed E-state index contributed by atoms with van der Waals surface area (Å²) in [6.07, 6.45) is 1.77. The molecule has 0 aliphatic heterocycles. The molecule has 0 aliphatic rings. The number of aliphatic imine (C=N–C) groups is 1. The summed E-state index contributed by atoms with van der Waals surface area (Å²) >= 11 is 0. The molecule has 0 fully saturated rings. The molecule has 0 radical (unpaired) electrons. The van der Waals surface area contributed by atoms with E-state index in [0.717, 1.165) is 23.4 Å². The predicted octanol–water partition coefficient (Wildman–Crippen LogP) is 4.83. The summed E-state index contributed by atoms with van der Waals surface area (Å²) in [7, 11) is 1.75. The van der Waals surface area contributed by atoms with E-state index in [0.29, 0.717) is 0 Å². The Labute approximate surface area is 128 Å². The van der Waals surface area contributed by atoms with Crippen molar-refractivity contribution in [1.82, 2.24) is 0 Å². The number of hydrogen-bond acceptors (Lipinski definition) is 2. The standard InChI is InChI=1S/C12H16N2.C7H8/c1-4-14-12-8-6-5-7-11(12)10(2)9-13-3;1-7-5-3-2-4-6-7/h5-9,14H,2,4H2,1,3H3;2-6H,1H3. The third kappa shape index (κ3) is 6.09. The number of nitrogens with one attached hydrogen (secondary N) is 1. The summed E-state index contributed by atoms with van der Waals surface area (Å²) in [5.41, 5.74) is 4.48. The van der Waals surface area contributed by atoms with Crippen LogP contribution in [-0.4, -0.2) is 19.8 Å². The lowest BCUT2D eigenvalue weighted by Crippen LogP contribution is -2.00. The van der Waals surface area contributed by atoms with Crippen LogP contribution in [0.1, 0.15) is 18.1 Å². The van der Waals surface area contributed by atoms with Gasteiger partial charge in [0.15, 0.2) is 0 Å². The van der Waals surface area contributed by atoms with Crippen molar-refractivity contribution in [3.63, 3.8) is 0 Å². The third-order valence-corrected chi connectivity index (χ3v) is 2.87. The summed E-state index contributed by atoms with van der Waals surface area (Å²) in [4.78, 5) is 3.96. The molecule has 2 aromatic carbocycles. The molecule has 0 aliphatic carbocycles. The average Bonchev–Trinajstić information content (AvgIpc) is 2.50. The van der Waals surface area contributed by atoms with Gasteiger partial charge in [-0.3, -0.25) is 4.99 Å². The van der Waals surface area contributed by atoms with E-state index in [9.17, 15) is 0 Å². The van der Waals surface area contributed by atoms with Crippen LogP contribution in [0.25, 0.3) is 5.57 Å². The lowest BCUT2D eigenvalue weighted by Gasteiger charge is -2.09. The lowest BCUT2D eigenvalue weighted by molar-refractivity contribution is 1.21. The zero-order valence-electron chi connectivity index (χ0n) is 13.1. The van der Waals surface area contributed by atoms with Crippen LogP contribution in [0.4, 0.5) is 5.69 Å². The first kappa shape index (κ1) is 16.7. The molecule has 2 nitrogen and oxygen atoms in total. The molecule has 110 valence electrons. The molecule has 0 atom stereocenters. The van der Waals surface area contributed by atoms with Gasteiger partial charge in [0.1, 0.15) is 0 Å². The minimum atomic E-state index is 0.910. The van der Waals surface area contributed by atoms with Gasteiger partial charge in [0.25, 0.3) is 0 Å². The number of rotatable bonds is 4. The van der Waals surface area contributed by atoms with Gasteiger partial charge in [-0.15, -0.1) is 0 Å². The van der Waals surface area contributed by atoms with Crippen LogP contribution >= 0.6 is 0 Å². The van der Waals surface area contributed by atoms with E-state index in [1.54, 1.807) is 13.3 Å². The van der Waals surface area contributed by atoms with Crippen molar-refractivity contribution in [2.75, 3.05) is 18.9 Å². The fraction of sp³-hybridized carbons (Fsp3) is 0.211. The van der Waals surface area contributed by atoms with Gasteiger partial charge in [0, 0.05) is 31.1 Å². The van der Waals surface area contributed by atoms with Crippen molar-refractivity contribution in [2.45, 2.75) is 13.8 Å². The second-order valence-electron chi connectivity index (χ2n) is 4.64. The SMILES string of the molecule is C=C(C=NC)c1ccccc1NCC.Cc1ccccc1. The topological polar surface area (TPSA) is 24.4 Å². The van der Waals surface area contributed by atoms with Crippen LogP contribution in [0.2, 0.25) is 0 Å². The van der Waals surface area contributed by atoms with Crippen LogP contribution in [0.15, 0.2) is 66.2 Å². The number of allylic oxidation sites excluding steroid dienone is 1. The Morgan fingerprint density at radius 1 is 1.10 bits per heavy atom. The lowest BCUT2D eigenvalue weighted by atomic mass is 10.1. The Bertz CT molecular complexity index is 571. The van der Waals surface area contributed by atoms with Gasteiger partial charge in [0.2, 0.25) is 0 Å². The Hall–Kier alpha value is -2.35. The van der Waals surface area contributed by atoms with Crippen LogP contribution in [0, 0.1) is 6.92 Å². The molecule has 21 heavy (non-hydrogen) atoms. The molecule has 0 spiro atoms. The van der Waals surface area contributed by atoms with Crippen LogP contribution in [0.3, 0.4) is 0 Å². The highest BCUT2D eigenvalue weighted by atomic mass is 14.9. The molecule has 1 N–H and O–H groups in total. The number of benzene rings is 2. The maximum atomic E-state index is 3.97. The Balaban J connectivity index is 0.000000262. The molecule has 0 saturated carbocycles. The molecular weight excluding hydrogens is 256 g/mol. The van der Waals surface area contributed by atoms with E-state index in [4.69, 9.17) is 0 Å². The van der Waals surface area contributed by atoms with E-state index in [1.807, 2.05) is 42.5 Å². The molecule has 2 aromatic rings. The van der Waals surface area contributed by atoms with E-state index < -0.39 is 0 Å². The van der Waals surface area contributed by atoms with Gasteiger partial charge in [-0.25, -0.2) is 0 Å². The Kier molecular flexibility index (Phi) is 7.59. The first-order chi connectivity index (χ1) is 10.2. The summed E-state index contributed by atoms with van der Waals surface area (Å²) in [5.74, 6) is 0. The van der Waals surface area contributed by atoms with Gasteiger partial charge >= 0.3 is 0 Å². The highest BCUT2D eigenvalue weighted by Crippen LogP contribution is 2.20. The van der Waals surface area contributed by atoms with Crippen molar-refractivity contribution in [3.8, 4) is 0 Å². The minimum Gasteiger partial charge on any atom is -0.385 e. The van der Waals surface area contributed by atoms with Crippen molar-refractivity contribution >= 4 is 17.5 Å². The molecular formula is C19H24N2. The van der Waals surface area contributed by atoms with Gasteiger partial charge in [-0.05, 0) is 25.5 Å². The fourth-order valence-corrected chi connectivity index (χ4v) is 1.87. The summed E-state index contributed by atoms with van der Waals surface area (Å²) in [6, 6.07) is 18.4. The quantitative estimate of drug-likeness (QED) is 0.797. The smallest absolute Gasteiger partial charge is 0.0420 e. The first-order valence-electron chi connectivity index (χ1n) is 7.15. The molecule has 0 amide bonds. The van der Waals surface area contributed by atoms with E-state index in [1.165, 1.54) is 5.56 Å². The number of aryl methyl sites for hydroxylation is 1. The molecule has 0 bridgehead atoms. The minimum absolute atomic E-state index is 0.910. The maximum absolute atomic E-state index is 3.97. The predicted molar refractivity (Wildman–Crippen MR) is 95.2 cm³/mol. The van der Waals surface area contributed by atoms with Crippen LogP contribution in [-0.2, 0) is 0 Å². The molecule has 0 aromatic heterocycles. The zero-order chi connectivity index (χ0) is 15.5. The molecule has 0 unspecified atom stereocenters. The third-order valence-electron chi connectivity index (χ3n) is 2.87. The molecule has 2 heteroatoms. The maximum Gasteiger partial charge on any atom is 0.0420 e. The second-order valence-corrected chi connectivity index (χ2v) is 4.64. The average molecular weight is 280 g/mol. The van der Waals surface area contributed by atoms with E-state index in [-0.39, 0.29) is 0 Å². The fourth-order valence-electron chi connectivity index (χ4n) is 1.87. The molecule has 2 rings (SSSR count). The van der Waals surface area contributed by atoms with Crippen molar-refractivity contribution in [1.29, 1.82) is 0 Å². The monoisotopic (exact) mass is 280 g/mol. The Morgan fingerprint density at radius 2 is 1.71 bits per heavy atom. The van der Waals surface area contributed by atoms with E-state index in [2.05, 4.69) is 42.9 Å². The largest absolute Gasteiger partial charge is 0.385 e. The molecule has 0 heterocycles. The Morgan fingerprint density at radius 3 is 2.24 bits per heavy atom. The van der Waals surface area contributed by atoms with Gasteiger partial charge < -0.3 is 5.32 Å². The number of anilines is 1. The van der Waals surface area contributed by atoms with Crippen molar-refractivity contribution in [2.24, 2.45) is 4.99 Å². The van der Waals surface area contributed by atoms with E-state index >= 15 is 0 Å². The molecule has 0 saturated heterocycles. The number of hydrogen-bond donors (Lipinski definition) is 1. The summed E-state index contributed by atoms with van der Waals surface area (Å²) in [5, 5.41) is 3.29. The highest BCUT2D eigenvalue weighted by molar-refractivity contribution is 6.10. The zero-order valence-corrected chi connectivity index (χ0v) is 13.1. The summed E-state index contributed by atoms with van der Waals surface area (Å²) < 4.78 is 0. The van der Waals surface area contributed by atoms with Crippen LogP contribution in [0.5, 0.6) is 0 Å². The van der Waals surface area contributed by atoms with Crippen LogP contribution < -0.4 is 5.32 Å². The van der Waals surface area contributed by atoms with Gasteiger partial charge in [-0.1, -0.05) is 60.7 Å². The number of para-hydroxylation sites is 1. The van der Waals surface area contributed by atoms with Crippen molar-refractivity contribution < 1.29 is 0 Å². The van der Waals surface area contributed by atoms with Gasteiger partial charge in [-0.2, -0.15) is 0 Å². The summed E-state index contributed by atoms with van der Waals surface area (Å²) in [6.45, 7) is 9.04. The highest BCUT2D eigenvalue weighted by Gasteiger charge is 2.01.